The van der Waals surface area contributed by atoms with Crippen LogP contribution in [0, 0.1) is 0 Å². The molecule has 1 aromatic carbocycles. The minimum atomic E-state index is -5.01. The summed E-state index contributed by atoms with van der Waals surface area (Å²) in [6.07, 6.45) is -2.93. The maximum atomic E-state index is 12.5. The van der Waals surface area contributed by atoms with Gasteiger partial charge in [0, 0.05) is 22.5 Å². The van der Waals surface area contributed by atoms with Crippen molar-refractivity contribution in [2.75, 3.05) is 6.54 Å². The highest BCUT2D eigenvalue weighted by molar-refractivity contribution is 7.10. The maximum absolute atomic E-state index is 12.5. The van der Waals surface area contributed by atoms with Crippen LogP contribution in [-0.2, 0) is 9.63 Å². The van der Waals surface area contributed by atoms with Crippen molar-refractivity contribution in [1.82, 2.24) is 10.0 Å². The molecule has 134 valence electrons. The third-order valence-electron chi connectivity index (χ3n) is 3.83. The number of rotatable bonds is 3. The maximum Gasteiger partial charge on any atom is 0.492 e. The monoisotopic (exact) mass is 390 g/mol. The number of hydrogen-bond acceptors (Lipinski definition) is 5. The number of nitrogens with zero attached hydrogens (tertiary/aromatic N) is 2. The average Bonchev–Trinajstić information content (AvgIpc) is 3.05. The number of hydrogen-bond donors (Lipinski definition) is 0. The zero-order chi connectivity index (χ0) is 18.0. The number of aromatic nitrogens is 1. The molecule has 4 nitrogen and oxygen atoms in total. The number of carbonyl (C=O) groups excluding carboxylic acids is 1. The fourth-order valence-corrected chi connectivity index (χ4v) is 3.70. The van der Waals surface area contributed by atoms with Crippen molar-refractivity contribution < 1.29 is 22.8 Å². The van der Waals surface area contributed by atoms with E-state index in [9.17, 15) is 18.0 Å². The molecule has 0 spiro atoms. The zero-order valence-electron chi connectivity index (χ0n) is 12.9. The van der Waals surface area contributed by atoms with E-state index in [0.29, 0.717) is 28.6 Å². The van der Waals surface area contributed by atoms with Crippen LogP contribution in [0.3, 0.4) is 0 Å². The second-order valence-electron chi connectivity index (χ2n) is 5.61. The van der Waals surface area contributed by atoms with Gasteiger partial charge in [-0.05, 0) is 31.4 Å². The van der Waals surface area contributed by atoms with Crippen LogP contribution in [-0.4, -0.2) is 28.7 Å². The Bertz CT molecular complexity index is 749. The largest absolute Gasteiger partial charge is 0.492 e. The molecular weight excluding hydrogens is 377 g/mol. The molecule has 2 heterocycles. The molecule has 0 N–H and O–H groups in total. The lowest BCUT2D eigenvalue weighted by atomic mass is 10.1. The first-order valence-electron chi connectivity index (χ1n) is 7.62. The van der Waals surface area contributed by atoms with Crippen LogP contribution in [0.2, 0.25) is 5.02 Å². The van der Waals surface area contributed by atoms with E-state index < -0.39 is 18.2 Å². The molecule has 1 aliphatic heterocycles. The van der Waals surface area contributed by atoms with Gasteiger partial charge < -0.3 is 4.84 Å². The number of benzene rings is 1. The van der Waals surface area contributed by atoms with Crippen molar-refractivity contribution in [3.63, 3.8) is 0 Å². The summed E-state index contributed by atoms with van der Waals surface area (Å²) in [4.78, 5) is 20.2. The first kappa shape index (κ1) is 18.2. The van der Waals surface area contributed by atoms with E-state index in [2.05, 4.69) is 9.82 Å². The van der Waals surface area contributed by atoms with E-state index >= 15 is 0 Å². The van der Waals surface area contributed by atoms with E-state index in [1.54, 1.807) is 12.1 Å². The van der Waals surface area contributed by atoms with Crippen LogP contribution in [0.5, 0.6) is 0 Å². The van der Waals surface area contributed by atoms with Crippen molar-refractivity contribution in [1.29, 1.82) is 0 Å². The van der Waals surface area contributed by atoms with Crippen LogP contribution in [0.25, 0.3) is 11.3 Å². The van der Waals surface area contributed by atoms with E-state index in [-0.39, 0.29) is 6.54 Å². The number of hydroxylamine groups is 2. The summed E-state index contributed by atoms with van der Waals surface area (Å²) < 4.78 is 37.4. The summed E-state index contributed by atoms with van der Waals surface area (Å²) >= 11 is 7.20. The molecule has 1 aromatic heterocycles. The predicted octanol–water partition coefficient (Wildman–Crippen LogP) is 5.01. The Kier molecular flexibility index (Phi) is 5.31. The highest BCUT2D eigenvalue weighted by Crippen LogP contribution is 2.35. The average molecular weight is 391 g/mol. The van der Waals surface area contributed by atoms with Gasteiger partial charge in [0.1, 0.15) is 5.01 Å². The van der Waals surface area contributed by atoms with Crippen molar-refractivity contribution in [3.8, 4) is 11.3 Å². The zero-order valence-corrected chi connectivity index (χ0v) is 14.5. The van der Waals surface area contributed by atoms with Crippen molar-refractivity contribution in [3.05, 3.63) is 39.7 Å². The molecular formula is C16H14ClF3N2O2S. The number of alkyl halides is 3. The van der Waals surface area contributed by atoms with Gasteiger partial charge in [0.05, 0.1) is 11.7 Å². The van der Waals surface area contributed by atoms with Gasteiger partial charge in [-0.15, -0.1) is 16.4 Å². The van der Waals surface area contributed by atoms with Crippen molar-refractivity contribution in [2.24, 2.45) is 0 Å². The Balaban J connectivity index is 1.79. The van der Waals surface area contributed by atoms with Gasteiger partial charge in [-0.3, -0.25) is 0 Å². The molecule has 1 aliphatic rings. The van der Waals surface area contributed by atoms with Crippen LogP contribution >= 0.6 is 22.9 Å². The predicted molar refractivity (Wildman–Crippen MR) is 88.0 cm³/mol. The molecule has 3 rings (SSSR count). The van der Waals surface area contributed by atoms with Crippen LogP contribution in [0.4, 0.5) is 13.2 Å². The number of halogens is 4. The Morgan fingerprint density at radius 1 is 1.28 bits per heavy atom. The molecule has 0 saturated carbocycles. The molecule has 0 bridgehead atoms. The number of carbonyl (C=O) groups is 1. The normalized spacial score (nSPS) is 19.0. The molecule has 1 fully saturated rings. The van der Waals surface area contributed by atoms with Gasteiger partial charge in [0.25, 0.3) is 0 Å². The summed E-state index contributed by atoms with van der Waals surface area (Å²) in [7, 11) is 0. The minimum Gasteiger partial charge on any atom is -0.360 e. The molecule has 0 aliphatic carbocycles. The van der Waals surface area contributed by atoms with Gasteiger partial charge in [-0.25, -0.2) is 9.78 Å². The molecule has 0 unspecified atom stereocenters. The van der Waals surface area contributed by atoms with E-state index in [0.717, 1.165) is 17.0 Å². The standard InChI is InChI=1S/C16H14ClF3N2O2S/c17-11-6-4-10(5-7-11)12-9-25-14(21-12)13-3-1-2-8-22(13)24-15(23)16(18,19)20/h4-7,9,13H,1-3,8H2/t13-/m1/s1. The first-order valence-corrected chi connectivity index (χ1v) is 8.87. The third-order valence-corrected chi connectivity index (χ3v) is 5.03. The molecule has 0 radical (unpaired) electrons. The Hall–Kier alpha value is -1.64. The highest BCUT2D eigenvalue weighted by atomic mass is 35.5. The van der Waals surface area contributed by atoms with Gasteiger partial charge in [-0.2, -0.15) is 13.2 Å². The summed E-state index contributed by atoms with van der Waals surface area (Å²) in [5, 5.41) is 4.16. The Morgan fingerprint density at radius 2 is 2.00 bits per heavy atom. The Morgan fingerprint density at radius 3 is 2.68 bits per heavy atom. The van der Waals surface area contributed by atoms with E-state index in [1.165, 1.54) is 11.3 Å². The molecule has 25 heavy (non-hydrogen) atoms. The summed E-state index contributed by atoms with van der Waals surface area (Å²) in [6.45, 7) is 0.252. The van der Waals surface area contributed by atoms with Crippen LogP contribution in [0.1, 0.15) is 30.3 Å². The van der Waals surface area contributed by atoms with Crippen molar-refractivity contribution >= 4 is 28.9 Å². The summed E-state index contributed by atoms with van der Waals surface area (Å²) in [6, 6.07) is 6.67. The quantitative estimate of drug-likeness (QED) is 0.738. The number of piperidine rings is 1. The summed E-state index contributed by atoms with van der Waals surface area (Å²) in [5.74, 6) is -2.20. The summed E-state index contributed by atoms with van der Waals surface area (Å²) in [5.41, 5.74) is 1.57. The second kappa shape index (κ2) is 7.31. The highest BCUT2D eigenvalue weighted by Gasteiger charge is 2.44. The topological polar surface area (TPSA) is 42.4 Å². The minimum absolute atomic E-state index is 0.252. The lowest BCUT2D eigenvalue weighted by molar-refractivity contribution is -0.251. The molecule has 1 atom stereocenters. The Labute approximate surface area is 151 Å². The lowest BCUT2D eigenvalue weighted by Gasteiger charge is -2.32. The molecule has 2 aromatic rings. The smallest absolute Gasteiger partial charge is 0.360 e. The fourth-order valence-electron chi connectivity index (χ4n) is 2.61. The van der Waals surface area contributed by atoms with E-state index in [1.807, 2.05) is 17.5 Å². The van der Waals surface area contributed by atoms with Crippen LogP contribution in [0.15, 0.2) is 29.6 Å². The van der Waals surface area contributed by atoms with Crippen molar-refractivity contribution in [2.45, 2.75) is 31.5 Å². The first-order chi connectivity index (χ1) is 11.8. The lowest BCUT2D eigenvalue weighted by Crippen LogP contribution is -2.39. The van der Waals surface area contributed by atoms with Crippen LogP contribution < -0.4 is 0 Å². The number of thiazole rings is 1. The van der Waals surface area contributed by atoms with E-state index in [4.69, 9.17) is 11.6 Å². The van der Waals surface area contributed by atoms with Gasteiger partial charge in [0.2, 0.25) is 0 Å². The molecule has 1 saturated heterocycles. The third kappa shape index (κ3) is 4.31. The van der Waals surface area contributed by atoms with Gasteiger partial charge >= 0.3 is 12.1 Å². The fraction of sp³-hybridized carbons (Fsp3) is 0.375. The van der Waals surface area contributed by atoms with Gasteiger partial charge in [-0.1, -0.05) is 23.7 Å². The van der Waals surface area contributed by atoms with Gasteiger partial charge in [0.15, 0.2) is 0 Å². The SMILES string of the molecule is O=C(ON1CCCC[C@@H]1c1nc(-c2ccc(Cl)cc2)cs1)C(F)(F)F. The molecule has 9 heteroatoms. The molecule has 0 amide bonds. The second-order valence-corrected chi connectivity index (χ2v) is 6.93.